The number of hydrogen-bond acceptors (Lipinski definition) is 6. The average Bonchev–Trinajstić information content (AvgIpc) is 2.63. The third kappa shape index (κ3) is 4.53. The number of nitrogens with zero attached hydrogens (tertiary/aromatic N) is 3. The second kappa shape index (κ2) is 8.05. The van der Waals surface area contributed by atoms with Crippen molar-refractivity contribution in [2.24, 2.45) is 10.9 Å². The first-order chi connectivity index (χ1) is 12.5. The van der Waals surface area contributed by atoms with Crippen molar-refractivity contribution in [1.82, 2.24) is 4.90 Å². The highest BCUT2D eigenvalue weighted by molar-refractivity contribution is 5.80. The van der Waals surface area contributed by atoms with Crippen LogP contribution in [-0.2, 0) is 4.79 Å². The Morgan fingerprint density at radius 1 is 1.19 bits per heavy atom. The summed E-state index contributed by atoms with van der Waals surface area (Å²) in [5.74, 6) is 4.26. The number of hydrazone groups is 1. The molecule has 2 aliphatic rings. The summed E-state index contributed by atoms with van der Waals surface area (Å²) in [6, 6.07) is 8.68. The molecule has 2 fully saturated rings. The van der Waals surface area contributed by atoms with Gasteiger partial charge in [-0.05, 0) is 43.4 Å². The third-order valence-electron chi connectivity index (χ3n) is 5.68. The first-order valence-electron chi connectivity index (χ1n) is 9.26. The van der Waals surface area contributed by atoms with E-state index in [0.717, 1.165) is 44.6 Å². The second-order valence-corrected chi connectivity index (χ2v) is 7.42. The van der Waals surface area contributed by atoms with Gasteiger partial charge in [0.1, 0.15) is 0 Å². The molecule has 0 atom stereocenters. The number of carboxylic acid groups (broad SMARTS) is 1. The minimum Gasteiger partial charge on any atom is -0.481 e. The summed E-state index contributed by atoms with van der Waals surface area (Å²) in [6.07, 6.45) is 4.39. The number of hydrogen-bond donors (Lipinski definition) is 3. The first kappa shape index (κ1) is 18.7. The van der Waals surface area contributed by atoms with Crippen molar-refractivity contribution in [3.05, 3.63) is 29.8 Å². The standard InChI is InChI=1S/C19H28N4O3/c20-21-14-15-1-3-16(4-2-15)22-9-11-23(12-10-22)17-5-7-19(26,8-6-17)13-18(24)25/h1-4,14,17,26H,5-13,20H2,(H,24,25)/b21-14-. The van der Waals surface area contributed by atoms with Crippen LogP contribution in [0.2, 0.25) is 0 Å². The van der Waals surface area contributed by atoms with Gasteiger partial charge < -0.3 is 21.0 Å². The van der Waals surface area contributed by atoms with Gasteiger partial charge in [-0.1, -0.05) is 12.1 Å². The number of aliphatic hydroxyl groups is 1. The summed E-state index contributed by atoms with van der Waals surface area (Å²) in [7, 11) is 0. The van der Waals surface area contributed by atoms with Crippen molar-refractivity contribution in [3.63, 3.8) is 0 Å². The fraction of sp³-hybridized carbons (Fsp3) is 0.579. The topological polar surface area (TPSA) is 102 Å². The molecule has 4 N–H and O–H groups in total. The summed E-state index contributed by atoms with van der Waals surface area (Å²) in [6.45, 7) is 3.93. The minimum atomic E-state index is -1.02. The summed E-state index contributed by atoms with van der Waals surface area (Å²) in [5.41, 5.74) is 1.18. The maximum Gasteiger partial charge on any atom is 0.306 e. The van der Waals surface area contributed by atoms with Gasteiger partial charge in [0.15, 0.2) is 0 Å². The average molecular weight is 360 g/mol. The molecule has 1 aromatic carbocycles. The Kier molecular flexibility index (Phi) is 5.78. The van der Waals surface area contributed by atoms with E-state index in [-0.39, 0.29) is 6.42 Å². The van der Waals surface area contributed by atoms with E-state index in [1.807, 2.05) is 12.1 Å². The van der Waals surface area contributed by atoms with Gasteiger partial charge in [-0.3, -0.25) is 9.69 Å². The van der Waals surface area contributed by atoms with E-state index in [0.29, 0.717) is 18.9 Å². The smallest absolute Gasteiger partial charge is 0.306 e. The van der Waals surface area contributed by atoms with E-state index >= 15 is 0 Å². The summed E-state index contributed by atoms with van der Waals surface area (Å²) < 4.78 is 0. The Morgan fingerprint density at radius 3 is 2.35 bits per heavy atom. The molecule has 0 unspecified atom stereocenters. The lowest BCUT2D eigenvalue weighted by molar-refractivity contribution is -0.144. The van der Waals surface area contributed by atoms with Crippen LogP contribution in [0.1, 0.15) is 37.7 Å². The molecule has 1 saturated heterocycles. The number of carboxylic acids is 1. The molecule has 1 aliphatic carbocycles. The van der Waals surface area contributed by atoms with Crippen molar-refractivity contribution < 1.29 is 15.0 Å². The number of rotatable bonds is 5. The Bertz CT molecular complexity index is 631. The van der Waals surface area contributed by atoms with Gasteiger partial charge in [0.05, 0.1) is 18.2 Å². The van der Waals surface area contributed by atoms with E-state index in [9.17, 15) is 9.90 Å². The molecule has 0 radical (unpaired) electrons. The first-order valence-corrected chi connectivity index (χ1v) is 9.26. The van der Waals surface area contributed by atoms with Crippen molar-refractivity contribution in [2.45, 2.75) is 43.7 Å². The lowest BCUT2D eigenvalue weighted by Crippen LogP contribution is -2.52. The van der Waals surface area contributed by atoms with Crippen LogP contribution in [-0.4, -0.2) is 65.1 Å². The maximum absolute atomic E-state index is 10.9. The van der Waals surface area contributed by atoms with Crippen molar-refractivity contribution in [1.29, 1.82) is 0 Å². The predicted octanol–water partition coefficient (Wildman–Crippen LogP) is 1.25. The van der Waals surface area contributed by atoms with Crippen LogP contribution < -0.4 is 10.7 Å². The van der Waals surface area contributed by atoms with Gasteiger partial charge in [0.25, 0.3) is 0 Å². The summed E-state index contributed by atoms with van der Waals surface area (Å²) >= 11 is 0. The zero-order chi connectivity index (χ0) is 18.6. The van der Waals surface area contributed by atoms with Gasteiger partial charge in [0.2, 0.25) is 0 Å². The molecule has 0 spiro atoms. The molecule has 26 heavy (non-hydrogen) atoms. The molecular formula is C19H28N4O3. The Labute approximate surface area is 154 Å². The minimum absolute atomic E-state index is 0.141. The molecule has 0 bridgehead atoms. The fourth-order valence-electron chi connectivity index (χ4n) is 4.17. The van der Waals surface area contributed by atoms with Crippen LogP contribution in [0.25, 0.3) is 0 Å². The highest BCUT2D eigenvalue weighted by atomic mass is 16.4. The molecular weight excluding hydrogens is 332 g/mol. The van der Waals surface area contributed by atoms with E-state index in [4.69, 9.17) is 10.9 Å². The molecule has 0 amide bonds. The summed E-state index contributed by atoms with van der Waals surface area (Å²) in [5, 5.41) is 22.9. The molecule has 0 aromatic heterocycles. The van der Waals surface area contributed by atoms with Crippen molar-refractivity contribution in [2.75, 3.05) is 31.1 Å². The lowest BCUT2D eigenvalue weighted by atomic mass is 9.79. The third-order valence-corrected chi connectivity index (χ3v) is 5.68. The SMILES string of the molecule is N/N=C\c1ccc(N2CCN(C3CCC(O)(CC(=O)O)CC3)CC2)cc1. The van der Waals surface area contributed by atoms with Crippen molar-refractivity contribution >= 4 is 17.9 Å². The Morgan fingerprint density at radius 2 is 1.81 bits per heavy atom. The van der Waals surface area contributed by atoms with Crippen molar-refractivity contribution in [3.8, 4) is 0 Å². The van der Waals surface area contributed by atoms with E-state index in [1.54, 1.807) is 6.21 Å². The molecule has 7 nitrogen and oxygen atoms in total. The van der Waals surface area contributed by atoms with E-state index < -0.39 is 11.6 Å². The lowest BCUT2D eigenvalue weighted by Gasteiger charge is -2.44. The van der Waals surface area contributed by atoms with Gasteiger partial charge in [-0.2, -0.15) is 5.10 Å². The van der Waals surface area contributed by atoms with E-state index in [1.165, 1.54) is 5.69 Å². The zero-order valence-electron chi connectivity index (χ0n) is 15.0. The zero-order valence-corrected chi connectivity index (χ0v) is 15.0. The highest BCUT2D eigenvalue weighted by Gasteiger charge is 2.37. The van der Waals surface area contributed by atoms with Crippen LogP contribution in [0.4, 0.5) is 5.69 Å². The largest absolute Gasteiger partial charge is 0.481 e. The van der Waals surface area contributed by atoms with Crippen LogP contribution in [0, 0.1) is 0 Å². The Balaban J connectivity index is 1.49. The fourth-order valence-corrected chi connectivity index (χ4v) is 4.17. The molecule has 1 saturated carbocycles. The number of aliphatic carboxylic acids is 1. The van der Waals surface area contributed by atoms with Gasteiger partial charge in [0, 0.05) is 37.9 Å². The molecule has 1 aliphatic heterocycles. The van der Waals surface area contributed by atoms with E-state index in [2.05, 4.69) is 27.0 Å². The molecule has 1 heterocycles. The second-order valence-electron chi connectivity index (χ2n) is 7.42. The number of carbonyl (C=O) groups is 1. The number of nitrogens with two attached hydrogens (primary N) is 1. The monoisotopic (exact) mass is 360 g/mol. The van der Waals surface area contributed by atoms with Gasteiger partial charge in [-0.25, -0.2) is 0 Å². The predicted molar refractivity (Wildman–Crippen MR) is 101 cm³/mol. The number of benzene rings is 1. The normalized spacial score (nSPS) is 27.7. The van der Waals surface area contributed by atoms with Crippen LogP contribution in [0.5, 0.6) is 0 Å². The molecule has 142 valence electrons. The highest BCUT2D eigenvalue weighted by Crippen LogP contribution is 2.34. The quantitative estimate of drug-likeness (QED) is 0.415. The van der Waals surface area contributed by atoms with Gasteiger partial charge in [-0.15, -0.1) is 0 Å². The maximum atomic E-state index is 10.9. The number of piperazine rings is 1. The molecule has 3 rings (SSSR count). The Hall–Kier alpha value is -2.12. The summed E-state index contributed by atoms with van der Waals surface area (Å²) in [4.78, 5) is 15.8. The van der Waals surface area contributed by atoms with Crippen LogP contribution in [0.3, 0.4) is 0 Å². The molecule has 1 aromatic rings. The van der Waals surface area contributed by atoms with Crippen LogP contribution in [0.15, 0.2) is 29.4 Å². The van der Waals surface area contributed by atoms with Crippen LogP contribution >= 0.6 is 0 Å². The van der Waals surface area contributed by atoms with Gasteiger partial charge >= 0.3 is 5.97 Å². The number of anilines is 1. The molecule has 7 heteroatoms.